The first-order chi connectivity index (χ1) is 16.7. The van der Waals surface area contributed by atoms with Crippen molar-refractivity contribution in [3.63, 3.8) is 0 Å². The van der Waals surface area contributed by atoms with Crippen molar-refractivity contribution < 1.29 is 19.4 Å². The number of likely N-dealkylation sites (tertiary alicyclic amines) is 1. The molecule has 0 unspecified atom stereocenters. The number of aromatic nitrogens is 3. The molecule has 3 amide bonds. The van der Waals surface area contributed by atoms with E-state index in [9.17, 15) is 14.7 Å². The van der Waals surface area contributed by atoms with Crippen molar-refractivity contribution in [3.8, 4) is 17.0 Å². The Morgan fingerprint density at radius 3 is 2.63 bits per heavy atom. The molecule has 3 aromatic rings. The topological polar surface area (TPSA) is 130 Å². The lowest BCUT2D eigenvalue weighted by Gasteiger charge is -2.33. The minimum absolute atomic E-state index is 0.281. The van der Waals surface area contributed by atoms with Crippen LogP contribution in [0.1, 0.15) is 30.9 Å². The number of urea groups is 1. The molecule has 10 heteroatoms. The Labute approximate surface area is 203 Å². The lowest BCUT2D eigenvalue weighted by atomic mass is 10.0. The van der Waals surface area contributed by atoms with Crippen molar-refractivity contribution in [1.82, 2.24) is 19.9 Å². The third-order valence-electron chi connectivity index (χ3n) is 6.02. The van der Waals surface area contributed by atoms with Gasteiger partial charge in [-0.05, 0) is 69.0 Å². The molecule has 0 saturated carbocycles. The quantitative estimate of drug-likeness (QED) is 0.470. The van der Waals surface area contributed by atoms with Crippen LogP contribution in [0.15, 0.2) is 48.9 Å². The van der Waals surface area contributed by atoms with Gasteiger partial charge in [0.05, 0.1) is 23.6 Å². The van der Waals surface area contributed by atoms with E-state index in [0.29, 0.717) is 29.6 Å². The van der Waals surface area contributed by atoms with E-state index in [1.54, 1.807) is 18.5 Å². The van der Waals surface area contributed by atoms with Gasteiger partial charge in [-0.1, -0.05) is 6.07 Å². The number of rotatable bonds is 6. The molecule has 0 bridgehead atoms. The summed E-state index contributed by atoms with van der Waals surface area (Å²) in [7, 11) is 0. The first-order valence-corrected chi connectivity index (χ1v) is 11.3. The van der Waals surface area contributed by atoms with Crippen LogP contribution in [0.4, 0.5) is 21.2 Å². The number of carbonyl (C=O) groups excluding carboxylic acids is 1. The fraction of sp³-hybridized carbons (Fsp3) is 0.320. The van der Waals surface area contributed by atoms with Crippen molar-refractivity contribution in [1.29, 1.82) is 0 Å². The van der Waals surface area contributed by atoms with Gasteiger partial charge in [-0.2, -0.15) is 0 Å². The summed E-state index contributed by atoms with van der Waals surface area (Å²) in [5.41, 5.74) is 2.74. The number of benzene rings is 1. The van der Waals surface area contributed by atoms with E-state index in [4.69, 9.17) is 4.74 Å². The Morgan fingerprint density at radius 2 is 1.91 bits per heavy atom. The van der Waals surface area contributed by atoms with E-state index in [2.05, 4.69) is 25.6 Å². The molecule has 3 heterocycles. The molecule has 1 aromatic carbocycles. The van der Waals surface area contributed by atoms with E-state index in [1.165, 1.54) is 11.1 Å². The van der Waals surface area contributed by atoms with Crippen molar-refractivity contribution in [2.45, 2.75) is 39.2 Å². The second-order valence-electron chi connectivity index (χ2n) is 8.89. The van der Waals surface area contributed by atoms with Crippen LogP contribution in [-0.2, 0) is 0 Å². The van der Waals surface area contributed by atoms with Crippen molar-refractivity contribution in [2.75, 3.05) is 23.8 Å². The molecule has 4 rings (SSSR count). The number of aryl methyl sites for hydroxylation is 2. The normalized spacial score (nSPS) is 17.2. The van der Waals surface area contributed by atoms with Gasteiger partial charge >= 0.3 is 12.1 Å². The Hall–Kier alpha value is -4.21. The molecule has 10 nitrogen and oxygen atoms in total. The molecule has 0 aliphatic carbocycles. The fourth-order valence-corrected chi connectivity index (χ4v) is 4.07. The predicted molar refractivity (Wildman–Crippen MR) is 132 cm³/mol. The third-order valence-corrected chi connectivity index (χ3v) is 6.02. The number of amides is 3. The van der Waals surface area contributed by atoms with Gasteiger partial charge in [0, 0.05) is 18.3 Å². The van der Waals surface area contributed by atoms with Gasteiger partial charge in [-0.15, -0.1) is 0 Å². The zero-order valence-electron chi connectivity index (χ0n) is 19.9. The Kier molecular flexibility index (Phi) is 6.81. The number of anilines is 2. The molecule has 1 atom stereocenters. The van der Waals surface area contributed by atoms with Crippen LogP contribution in [0.25, 0.3) is 11.3 Å². The van der Waals surface area contributed by atoms with Crippen molar-refractivity contribution >= 4 is 23.8 Å². The highest BCUT2D eigenvalue weighted by atomic mass is 16.5. The van der Waals surface area contributed by atoms with Gasteiger partial charge < -0.3 is 9.84 Å². The molecule has 1 aliphatic heterocycles. The van der Waals surface area contributed by atoms with E-state index < -0.39 is 17.7 Å². The summed E-state index contributed by atoms with van der Waals surface area (Å²) in [5, 5.41) is 14.8. The Bertz CT molecular complexity index is 1230. The van der Waals surface area contributed by atoms with Crippen LogP contribution >= 0.6 is 0 Å². The first-order valence-electron chi connectivity index (χ1n) is 11.3. The lowest BCUT2D eigenvalue weighted by Crippen LogP contribution is -2.48. The van der Waals surface area contributed by atoms with Gasteiger partial charge in [-0.25, -0.2) is 19.6 Å². The minimum Gasteiger partial charge on any atom is -0.491 e. The number of pyridine rings is 1. The van der Waals surface area contributed by atoms with Crippen LogP contribution in [0.5, 0.6) is 5.75 Å². The maximum absolute atomic E-state index is 12.3. The fourth-order valence-electron chi connectivity index (χ4n) is 4.07. The summed E-state index contributed by atoms with van der Waals surface area (Å²) in [5.74, 6) is 1.41. The van der Waals surface area contributed by atoms with Gasteiger partial charge in [0.15, 0.2) is 5.82 Å². The second kappa shape index (κ2) is 9.96. The zero-order valence-corrected chi connectivity index (χ0v) is 19.9. The molecule has 0 radical (unpaired) electrons. The molecular weight excluding hydrogens is 448 g/mol. The molecule has 1 saturated heterocycles. The summed E-state index contributed by atoms with van der Waals surface area (Å²) in [4.78, 5) is 38.1. The van der Waals surface area contributed by atoms with Crippen LogP contribution in [0, 0.1) is 13.8 Å². The average Bonchev–Trinajstić information content (AvgIpc) is 3.22. The number of ether oxygens (including phenoxy) is 1. The summed E-state index contributed by atoms with van der Waals surface area (Å²) in [6.07, 6.45) is 5.42. The zero-order chi connectivity index (χ0) is 25.0. The second-order valence-corrected chi connectivity index (χ2v) is 8.89. The average molecular weight is 477 g/mol. The number of carbonyl (C=O) groups is 2. The van der Waals surface area contributed by atoms with Crippen LogP contribution in [0.3, 0.4) is 0 Å². The highest BCUT2D eigenvalue weighted by Gasteiger charge is 2.40. The monoisotopic (exact) mass is 476 g/mol. The number of carboxylic acid groups (broad SMARTS) is 1. The lowest BCUT2D eigenvalue weighted by molar-refractivity contribution is 0.0786. The van der Waals surface area contributed by atoms with Crippen LogP contribution in [-0.4, -0.2) is 55.8 Å². The highest BCUT2D eigenvalue weighted by Crippen LogP contribution is 2.31. The number of nitrogens with zero attached hydrogens (tertiary/aromatic N) is 4. The molecule has 0 spiro atoms. The molecule has 3 N–H and O–H groups in total. The van der Waals surface area contributed by atoms with Gasteiger partial charge in [0.2, 0.25) is 0 Å². The van der Waals surface area contributed by atoms with E-state index in [-0.39, 0.29) is 6.61 Å². The predicted octanol–water partition coefficient (Wildman–Crippen LogP) is 4.71. The number of hydrogen-bond donors (Lipinski definition) is 3. The molecule has 35 heavy (non-hydrogen) atoms. The highest BCUT2D eigenvalue weighted by molar-refractivity contribution is 5.98. The summed E-state index contributed by atoms with van der Waals surface area (Å²) >= 11 is 0. The number of nitrogens with one attached hydrogen (secondary N) is 2. The van der Waals surface area contributed by atoms with Crippen molar-refractivity contribution in [2.24, 2.45) is 0 Å². The molecule has 182 valence electrons. The van der Waals surface area contributed by atoms with Crippen molar-refractivity contribution in [3.05, 3.63) is 60.0 Å². The summed E-state index contributed by atoms with van der Waals surface area (Å²) in [6.45, 7) is 6.56. The largest absolute Gasteiger partial charge is 0.491 e. The Balaban J connectivity index is 1.42. The maximum Gasteiger partial charge on any atom is 0.407 e. The van der Waals surface area contributed by atoms with Gasteiger partial charge in [0.1, 0.15) is 18.2 Å². The van der Waals surface area contributed by atoms with E-state index in [0.717, 1.165) is 29.5 Å². The van der Waals surface area contributed by atoms with Crippen LogP contribution < -0.4 is 15.4 Å². The SMILES string of the molecule is Cc1ccc(NC(=O)Nc2cncc(-c3ccc(OC[C@]4(C)CCCN4C(=O)O)c(C)c3)n2)nc1. The first kappa shape index (κ1) is 23.9. The third kappa shape index (κ3) is 5.65. The Morgan fingerprint density at radius 1 is 1.11 bits per heavy atom. The van der Waals surface area contributed by atoms with Crippen LogP contribution in [0.2, 0.25) is 0 Å². The minimum atomic E-state index is -0.920. The molecular formula is C25H28N6O4. The molecule has 1 aliphatic rings. The van der Waals surface area contributed by atoms with Gasteiger partial charge in [-0.3, -0.25) is 20.5 Å². The van der Waals surface area contributed by atoms with Gasteiger partial charge in [0.25, 0.3) is 0 Å². The standard InChI is InChI=1S/C25H28N6O4/c1-16-5-8-21(27-12-16)29-23(32)30-22-14-26-13-19(28-22)18-6-7-20(17(2)11-18)35-15-25(3)9-4-10-31(25)24(33)34/h5-8,11-14H,4,9-10,15H2,1-3H3,(H,33,34)(H2,27,28,29,30,32)/t25-/m0/s1. The van der Waals surface area contributed by atoms with E-state index in [1.807, 2.05) is 45.0 Å². The molecule has 1 fully saturated rings. The summed E-state index contributed by atoms with van der Waals surface area (Å²) < 4.78 is 6.02. The molecule has 2 aromatic heterocycles. The smallest absolute Gasteiger partial charge is 0.407 e. The van der Waals surface area contributed by atoms with E-state index >= 15 is 0 Å². The maximum atomic E-state index is 12.3. The number of hydrogen-bond acceptors (Lipinski definition) is 6. The summed E-state index contributed by atoms with van der Waals surface area (Å²) in [6, 6.07) is 8.73.